The zero-order chi connectivity index (χ0) is 11.5. The van der Waals surface area contributed by atoms with E-state index in [0.717, 1.165) is 0 Å². The van der Waals surface area contributed by atoms with E-state index in [1.807, 2.05) is 0 Å². The summed E-state index contributed by atoms with van der Waals surface area (Å²) in [7, 11) is 0. The number of rotatable bonds is 4. The minimum Gasteiger partial charge on any atom is -0.493 e. The summed E-state index contributed by atoms with van der Waals surface area (Å²) in [6.07, 6.45) is 3.00. The van der Waals surface area contributed by atoms with Crippen LogP contribution in [0.3, 0.4) is 0 Å². The summed E-state index contributed by atoms with van der Waals surface area (Å²) < 4.78 is 18.6. The molecule has 16 heavy (non-hydrogen) atoms. The van der Waals surface area contributed by atoms with Gasteiger partial charge in [0.2, 0.25) is 0 Å². The summed E-state index contributed by atoms with van der Waals surface area (Å²) in [5.74, 6) is 0.891. The minimum absolute atomic E-state index is 0.341. The van der Waals surface area contributed by atoms with Gasteiger partial charge in [0.15, 0.2) is 0 Å². The maximum absolute atomic E-state index is 13.0. The summed E-state index contributed by atoms with van der Waals surface area (Å²) in [6.45, 7) is 2.29. The van der Waals surface area contributed by atoms with E-state index in [2.05, 4.69) is 0 Å². The first-order valence-corrected chi connectivity index (χ1v) is 5.77. The van der Waals surface area contributed by atoms with E-state index >= 15 is 0 Å². The summed E-state index contributed by atoms with van der Waals surface area (Å²) in [4.78, 5) is 0. The highest BCUT2D eigenvalue weighted by molar-refractivity contribution is 5.35. The fourth-order valence-electron chi connectivity index (χ4n) is 1.84. The van der Waals surface area contributed by atoms with Crippen LogP contribution in [0.15, 0.2) is 18.2 Å². The molecule has 0 saturated heterocycles. The van der Waals surface area contributed by atoms with Crippen LogP contribution in [0.2, 0.25) is 0 Å². The van der Waals surface area contributed by atoms with Crippen LogP contribution in [-0.4, -0.2) is 11.7 Å². The van der Waals surface area contributed by atoms with Gasteiger partial charge in [-0.2, -0.15) is 0 Å². The van der Waals surface area contributed by atoms with Crippen molar-refractivity contribution in [1.29, 1.82) is 0 Å². The fraction of sp³-hybridized carbons (Fsp3) is 0.538. The first-order valence-electron chi connectivity index (χ1n) is 5.77. The van der Waals surface area contributed by atoms with Gasteiger partial charge in [0.05, 0.1) is 12.7 Å². The first kappa shape index (κ1) is 11.4. The van der Waals surface area contributed by atoms with Crippen molar-refractivity contribution in [2.75, 3.05) is 6.61 Å². The van der Waals surface area contributed by atoms with Crippen molar-refractivity contribution in [3.05, 3.63) is 29.6 Å². The largest absolute Gasteiger partial charge is 0.493 e. The van der Waals surface area contributed by atoms with E-state index in [1.165, 1.54) is 31.4 Å². The highest BCUT2D eigenvalue weighted by atomic mass is 19.1. The number of hydrogen-bond acceptors (Lipinski definition) is 2. The Bertz CT molecular complexity index is 359. The molecule has 1 aliphatic carbocycles. The van der Waals surface area contributed by atoms with Gasteiger partial charge in [-0.3, -0.25) is 0 Å². The summed E-state index contributed by atoms with van der Waals surface area (Å²) in [5.41, 5.74) is 0.527. The van der Waals surface area contributed by atoms with Gasteiger partial charge < -0.3 is 9.84 Å². The predicted octanol–water partition coefficient (Wildman–Crippen LogP) is 3.06. The van der Waals surface area contributed by atoms with Gasteiger partial charge in [-0.05, 0) is 43.9 Å². The lowest BCUT2D eigenvalue weighted by atomic mass is 9.86. The molecule has 1 aromatic carbocycles. The third-order valence-electron chi connectivity index (χ3n) is 3.12. The van der Waals surface area contributed by atoms with Crippen LogP contribution in [0.4, 0.5) is 4.39 Å². The molecule has 0 bridgehead atoms. The number of hydrogen-bond donors (Lipinski definition) is 1. The van der Waals surface area contributed by atoms with Gasteiger partial charge in [-0.15, -0.1) is 0 Å². The van der Waals surface area contributed by atoms with Gasteiger partial charge in [0.1, 0.15) is 11.6 Å². The second-order valence-corrected chi connectivity index (χ2v) is 4.47. The van der Waals surface area contributed by atoms with E-state index in [4.69, 9.17) is 4.74 Å². The highest BCUT2D eigenvalue weighted by Crippen LogP contribution is 2.30. The molecule has 1 saturated carbocycles. The molecule has 0 amide bonds. The molecule has 0 heterocycles. The molecule has 1 N–H and O–H groups in total. The molecule has 0 aromatic heterocycles. The van der Waals surface area contributed by atoms with Gasteiger partial charge in [0, 0.05) is 5.56 Å². The average Bonchev–Trinajstić information content (AvgIpc) is 2.17. The summed E-state index contributed by atoms with van der Waals surface area (Å²) in [6, 6.07) is 4.29. The van der Waals surface area contributed by atoms with Gasteiger partial charge in [-0.1, -0.05) is 6.42 Å². The fourth-order valence-corrected chi connectivity index (χ4v) is 1.84. The Balaban J connectivity index is 2.05. The lowest BCUT2D eigenvalue weighted by Gasteiger charge is -2.26. The van der Waals surface area contributed by atoms with E-state index in [1.54, 1.807) is 13.0 Å². The van der Waals surface area contributed by atoms with Crippen LogP contribution in [0.1, 0.15) is 37.9 Å². The molecule has 1 fully saturated rings. The predicted molar refractivity (Wildman–Crippen MR) is 59.9 cm³/mol. The van der Waals surface area contributed by atoms with Crippen molar-refractivity contribution in [1.82, 2.24) is 0 Å². The zero-order valence-corrected chi connectivity index (χ0v) is 9.45. The van der Waals surface area contributed by atoms with Crippen molar-refractivity contribution in [2.24, 2.45) is 5.92 Å². The number of halogens is 1. The SMILES string of the molecule is CC(O)c1cc(F)ccc1OCC1CCC1. The number of ether oxygens (including phenoxy) is 1. The molecule has 1 atom stereocenters. The van der Waals surface area contributed by atoms with E-state index in [9.17, 15) is 9.50 Å². The van der Waals surface area contributed by atoms with E-state index in [-0.39, 0.29) is 5.82 Å². The topological polar surface area (TPSA) is 29.5 Å². The molecule has 88 valence electrons. The normalized spacial score (nSPS) is 17.9. The molecule has 1 aromatic rings. The molecule has 0 radical (unpaired) electrons. The standard InChI is InChI=1S/C13H17FO2/c1-9(15)12-7-11(14)5-6-13(12)16-8-10-3-2-4-10/h5-7,9-10,15H,2-4,8H2,1H3. The number of aliphatic hydroxyl groups excluding tert-OH is 1. The van der Waals surface area contributed by atoms with Crippen LogP contribution in [0.5, 0.6) is 5.75 Å². The molecule has 1 unspecified atom stereocenters. The van der Waals surface area contributed by atoms with Crippen LogP contribution in [-0.2, 0) is 0 Å². The average molecular weight is 224 g/mol. The van der Waals surface area contributed by atoms with Crippen molar-refractivity contribution in [2.45, 2.75) is 32.3 Å². The molecular weight excluding hydrogens is 207 g/mol. The second-order valence-electron chi connectivity index (χ2n) is 4.47. The Kier molecular flexibility index (Phi) is 3.44. The minimum atomic E-state index is -0.702. The third kappa shape index (κ3) is 2.53. The van der Waals surface area contributed by atoms with Crippen LogP contribution in [0, 0.1) is 11.7 Å². The molecule has 2 rings (SSSR count). The molecule has 0 spiro atoms. The third-order valence-corrected chi connectivity index (χ3v) is 3.12. The maximum atomic E-state index is 13.0. The van der Waals surface area contributed by atoms with Crippen molar-refractivity contribution in [3.8, 4) is 5.75 Å². The van der Waals surface area contributed by atoms with Gasteiger partial charge in [0.25, 0.3) is 0 Å². The Labute approximate surface area is 95.1 Å². The molecule has 3 heteroatoms. The van der Waals surface area contributed by atoms with E-state index < -0.39 is 6.10 Å². The van der Waals surface area contributed by atoms with Crippen molar-refractivity contribution in [3.63, 3.8) is 0 Å². The quantitative estimate of drug-likeness (QED) is 0.851. The van der Waals surface area contributed by atoms with Crippen molar-refractivity contribution >= 4 is 0 Å². The van der Waals surface area contributed by atoms with Crippen molar-refractivity contribution < 1.29 is 14.2 Å². The molecule has 0 aliphatic heterocycles. The maximum Gasteiger partial charge on any atom is 0.125 e. The Morgan fingerprint density at radius 2 is 2.25 bits per heavy atom. The Morgan fingerprint density at radius 3 is 2.81 bits per heavy atom. The number of benzene rings is 1. The van der Waals surface area contributed by atoms with Crippen LogP contribution >= 0.6 is 0 Å². The van der Waals surface area contributed by atoms with Gasteiger partial charge in [-0.25, -0.2) is 4.39 Å². The summed E-state index contributed by atoms with van der Waals surface area (Å²) >= 11 is 0. The van der Waals surface area contributed by atoms with Crippen LogP contribution in [0.25, 0.3) is 0 Å². The molecule has 1 aliphatic rings. The summed E-state index contributed by atoms with van der Waals surface area (Å²) in [5, 5.41) is 9.52. The second kappa shape index (κ2) is 4.83. The van der Waals surface area contributed by atoms with E-state index in [0.29, 0.717) is 23.8 Å². The Hall–Kier alpha value is -1.09. The monoisotopic (exact) mass is 224 g/mol. The Morgan fingerprint density at radius 1 is 1.50 bits per heavy atom. The van der Waals surface area contributed by atoms with Gasteiger partial charge >= 0.3 is 0 Å². The first-order chi connectivity index (χ1) is 7.66. The molecule has 2 nitrogen and oxygen atoms in total. The molecular formula is C13H17FO2. The lowest BCUT2D eigenvalue weighted by molar-refractivity contribution is 0.164. The number of aliphatic hydroxyl groups is 1. The highest BCUT2D eigenvalue weighted by Gasteiger charge is 2.19. The van der Waals surface area contributed by atoms with Crippen LogP contribution < -0.4 is 4.74 Å². The zero-order valence-electron chi connectivity index (χ0n) is 9.45. The smallest absolute Gasteiger partial charge is 0.125 e. The lowest BCUT2D eigenvalue weighted by Crippen LogP contribution is -2.19.